The van der Waals surface area contributed by atoms with E-state index in [1.54, 1.807) is 0 Å². The molecule has 1 aromatic rings. The molecule has 0 saturated carbocycles. The molecule has 3 rings (SSSR count). The minimum absolute atomic E-state index is 0.379. The van der Waals surface area contributed by atoms with Crippen LogP contribution in [-0.2, 0) is 24.1 Å². The SMILES string of the molecule is C1CCC(Cc2nnc3n2CCCC3)OC1. The van der Waals surface area contributed by atoms with E-state index in [0.29, 0.717) is 6.10 Å². The van der Waals surface area contributed by atoms with E-state index in [9.17, 15) is 0 Å². The van der Waals surface area contributed by atoms with Gasteiger partial charge in [0.1, 0.15) is 11.6 Å². The van der Waals surface area contributed by atoms with Crippen LogP contribution in [0.25, 0.3) is 0 Å². The molecule has 0 spiro atoms. The van der Waals surface area contributed by atoms with Crippen LogP contribution in [0.5, 0.6) is 0 Å². The van der Waals surface area contributed by atoms with Gasteiger partial charge in [0.05, 0.1) is 6.10 Å². The van der Waals surface area contributed by atoms with Gasteiger partial charge in [-0.1, -0.05) is 0 Å². The zero-order chi connectivity index (χ0) is 10.8. The molecular formula is C12H19N3O. The van der Waals surface area contributed by atoms with Crippen molar-refractivity contribution in [1.82, 2.24) is 14.8 Å². The molecule has 0 radical (unpaired) electrons. The van der Waals surface area contributed by atoms with E-state index in [1.807, 2.05) is 0 Å². The van der Waals surface area contributed by atoms with E-state index in [0.717, 1.165) is 31.8 Å². The van der Waals surface area contributed by atoms with Gasteiger partial charge in [-0.3, -0.25) is 0 Å². The molecule has 1 saturated heterocycles. The summed E-state index contributed by atoms with van der Waals surface area (Å²) in [4.78, 5) is 0. The number of aryl methyl sites for hydroxylation is 1. The molecule has 0 amide bonds. The molecule has 0 bridgehead atoms. The number of rotatable bonds is 2. The molecule has 1 atom stereocenters. The van der Waals surface area contributed by atoms with Crippen LogP contribution in [0, 0.1) is 0 Å². The Hall–Kier alpha value is -0.900. The fourth-order valence-electron chi connectivity index (χ4n) is 2.69. The molecule has 4 heteroatoms. The summed E-state index contributed by atoms with van der Waals surface area (Å²) in [6.45, 7) is 2.02. The second-order valence-electron chi connectivity index (χ2n) is 4.83. The molecular weight excluding hydrogens is 202 g/mol. The first kappa shape index (κ1) is 10.3. The summed E-state index contributed by atoms with van der Waals surface area (Å²) < 4.78 is 8.07. The topological polar surface area (TPSA) is 39.9 Å². The maximum Gasteiger partial charge on any atom is 0.135 e. The average Bonchev–Trinajstić information content (AvgIpc) is 2.74. The Labute approximate surface area is 96.0 Å². The summed E-state index contributed by atoms with van der Waals surface area (Å²) >= 11 is 0. The Morgan fingerprint density at radius 2 is 2.19 bits per heavy atom. The lowest BCUT2D eigenvalue weighted by Crippen LogP contribution is -2.24. The number of ether oxygens (including phenoxy) is 1. The summed E-state index contributed by atoms with van der Waals surface area (Å²) in [5.41, 5.74) is 0. The van der Waals surface area contributed by atoms with E-state index in [-0.39, 0.29) is 0 Å². The Bertz CT molecular complexity index is 355. The highest BCUT2D eigenvalue weighted by atomic mass is 16.5. The van der Waals surface area contributed by atoms with Gasteiger partial charge in [0.2, 0.25) is 0 Å². The predicted molar refractivity (Wildman–Crippen MR) is 60.3 cm³/mol. The highest BCUT2D eigenvalue weighted by Gasteiger charge is 2.20. The van der Waals surface area contributed by atoms with E-state index < -0.39 is 0 Å². The van der Waals surface area contributed by atoms with E-state index in [2.05, 4.69) is 14.8 Å². The Kier molecular flexibility index (Phi) is 2.91. The average molecular weight is 221 g/mol. The molecule has 2 aliphatic heterocycles. The lowest BCUT2D eigenvalue weighted by Gasteiger charge is -2.23. The first-order chi connectivity index (χ1) is 7.93. The Balaban J connectivity index is 1.71. The molecule has 0 aromatic carbocycles. The van der Waals surface area contributed by atoms with Crippen LogP contribution in [0.2, 0.25) is 0 Å². The van der Waals surface area contributed by atoms with Crippen LogP contribution in [0.15, 0.2) is 0 Å². The molecule has 4 nitrogen and oxygen atoms in total. The van der Waals surface area contributed by atoms with Crippen LogP contribution in [-0.4, -0.2) is 27.5 Å². The van der Waals surface area contributed by atoms with Gasteiger partial charge < -0.3 is 9.30 Å². The normalized spacial score (nSPS) is 25.4. The highest BCUT2D eigenvalue weighted by Crippen LogP contribution is 2.19. The fourth-order valence-corrected chi connectivity index (χ4v) is 2.69. The number of aromatic nitrogens is 3. The van der Waals surface area contributed by atoms with Crippen LogP contribution in [0.1, 0.15) is 43.8 Å². The monoisotopic (exact) mass is 221 g/mol. The summed E-state index contributed by atoms with van der Waals surface area (Å²) in [7, 11) is 0. The number of hydrogen-bond acceptors (Lipinski definition) is 3. The summed E-state index contributed by atoms with van der Waals surface area (Å²) in [5, 5.41) is 8.60. The van der Waals surface area contributed by atoms with Crippen molar-refractivity contribution in [2.45, 2.75) is 57.6 Å². The van der Waals surface area contributed by atoms with Crippen molar-refractivity contribution in [3.05, 3.63) is 11.6 Å². The lowest BCUT2D eigenvalue weighted by molar-refractivity contribution is 0.0150. The quantitative estimate of drug-likeness (QED) is 0.763. The minimum Gasteiger partial charge on any atom is -0.378 e. The number of nitrogens with zero attached hydrogens (tertiary/aromatic N) is 3. The van der Waals surface area contributed by atoms with Gasteiger partial charge in [0.15, 0.2) is 0 Å². The third-order valence-electron chi connectivity index (χ3n) is 3.62. The van der Waals surface area contributed by atoms with E-state index in [4.69, 9.17) is 4.74 Å². The Morgan fingerprint density at radius 1 is 1.19 bits per heavy atom. The van der Waals surface area contributed by atoms with Crippen LogP contribution in [0.3, 0.4) is 0 Å². The van der Waals surface area contributed by atoms with Crippen LogP contribution >= 0.6 is 0 Å². The molecule has 1 aromatic heterocycles. The van der Waals surface area contributed by atoms with Gasteiger partial charge in [-0.2, -0.15) is 0 Å². The minimum atomic E-state index is 0.379. The third-order valence-corrected chi connectivity index (χ3v) is 3.62. The lowest BCUT2D eigenvalue weighted by atomic mass is 10.1. The van der Waals surface area contributed by atoms with E-state index in [1.165, 1.54) is 37.9 Å². The zero-order valence-corrected chi connectivity index (χ0v) is 9.69. The molecule has 2 aliphatic rings. The maximum absolute atomic E-state index is 5.76. The third kappa shape index (κ3) is 1.98. The van der Waals surface area contributed by atoms with Gasteiger partial charge in [-0.15, -0.1) is 10.2 Å². The van der Waals surface area contributed by atoms with Crippen molar-refractivity contribution in [1.29, 1.82) is 0 Å². The number of hydrogen-bond donors (Lipinski definition) is 0. The van der Waals surface area contributed by atoms with Gasteiger partial charge in [0, 0.05) is 26.0 Å². The van der Waals surface area contributed by atoms with Crippen molar-refractivity contribution >= 4 is 0 Å². The Morgan fingerprint density at radius 3 is 3.06 bits per heavy atom. The van der Waals surface area contributed by atoms with Crippen molar-refractivity contribution in [2.75, 3.05) is 6.61 Å². The van der Waals surface area contributed by atoms with Gasteiger partial charge in [-0.05, 0) is 32.1 Å². The smallest absolute Gasteiger partial charge is 0.135 e. The zero-order valence-electron chi connectivity index (χ0n) is 9.69. The van der Waals surface area contributed by atoms with Crippen molar-refractivity contribution < 1.29 is 4.74 Å². The molecule has 1 fully saturated rings. The van der Waals surface area contributed by atoms with Crippen LogP contribution in [0.4, 0.5) is 0 Å². The number of fused-ring (bicyclic) bond motifs is 1. The van der Waals surface area contributed by atoms with Gasteiger partial charge in [-0.25, -0.2) is 0 Å². The molecule has 88 valence electrons. The van der Waals surface area contributed by atoms with Crippen LogP contribution < -0.4 is 0 Å². The second kappa shape index (κ2) is 4.53. The second-order valence-corrected chi connectivity index (χ2v) is 4.83. The van der Waals surface area contributed by atoms with Crippen molar-refractivity contribution in [2.24, 2.45) is 0 Å². The predicted octanol–water partition coefficient (Wildman–Crippen LogP) is 1.73. The largest absolute Gasteiger partial charge is 0.378 e. The van der Waals surface area contributed by atoms with Crippen molar-refractivity contribution in [3.63, 3.8) is 0 Å². The molecule has 16 heavy (non-hydrogen) atoms. The molecule has 0 aliphatic carbocycles. The molecule has 3 heterocycles. The summed E-state index contributed by atoms with van der Waals surface area (Å²) in [5.74, 6) is 2.32. The van der Waals surface area contributed by atoms with E-state index >= 15 is 0 Å². The first-order valence-electron chi connectivity index (χ1n) is 6.46. The maximum atomic E-state index is 5.76. The standard InChI is InChI=1S/C12H19N3O/c1-3-7-15-11(6-1)13-14-12(15)9-10-5-2-4-8-16-10/h10H,1-9H2. The van der Waals surface area contributed by atoms with Gasteiger partial charge in [0.25, 0.3) is 0 Å². The highest BCUT2D eigenvalue weighted by molar-refractivity contribution is 5.00. The first-order valence-corrected chi connectivity index (χ1v) is 6.46. The summed E-state index contributed by atoms with van der Waals surface area (Å²) in [6, 6.07) is 0. The van der Waals surface area contributed by atoms with Gasteiger partial charge >= 0.3 is 0 Å². The van der Waals surface area contributed by atoms with Crippen molar-refractivity contribution in [3.8, 4) is 0 Å². The molecule has 0 N–H and O–H groups in total. The molecule has 1 unspecified atom stereocenters. The summed E-state index contributed by atoms with van der Waals surface area (Å²) in [6.07, 6.45) is 8.65. The fraction of sp³-hybridized carbons (Fsp3) is 0.833.